The monoisotopic (exact) mass is 220 g/mol. The van der Waals surface area contributed by atoms with Crippen LogP contribution in [-0.2, 0) is 4.74 Å². The predicted octanol–water partition coefficient (Wildman–Crippen LogP) is 3.94. The van der Waals surface area contributed by atoms with Crippen molar-refractivity contribution < 1.29 is 4.74 Å². The molecule has 1 spiro atoms. The Hall–Kier alpha value is -0.300. The first-order chi connectivity index (χ1) is 7.49. The molecule has 1 heterocycles. The van der Waals surface area contributed by atoms with Crippen molar-refractivity contribution in [2.45, 2.75) is 64.6 Å². The van der Waals surface area contributed by atoms with Crippen molar-refractivity contribution in [1.29, 1.82) is 0 Å². The van der Waals surface area contributed by atoms with Gasteiger partial charge in [-0.1, -0.05) is 26.0 Å². The van der Waals surface area contributed by atoms with E-state index in [0.717, 1.165) is 11.8 Å². The molecule has 90 valence electrons. The lowest BCUT2D eigenvalue weighted by molar-refractivity contribution is -0.00642. The third kappa shape index (κ3) is 1.16. The van der Waals surface area contributed by atoms with Crippen molar-refractivity contribution in [3.05, 3.63) is 12.2 Å². The van der Waals surface area contributed by atoms with Gasteiger partial charge in [0.1, 0.15) is 5.60 Å². The minimum absolute atomic E-state index is 0.274. The molecule has 1 nitrogen and oxygen atoms in total. The van der Waals surface area contributed by atoms with Gasteiger partial charge in [0.2, 0.25) is 0 Å². The Morgan fingerprint density at radius 2 is 2.06 bits per heavy atom. The van der Waals surface area contributed by atoms with Crippen LogP contribution in [0.15, 0.2) is 12.2 Å². The third-order valence-electron chi connectivity index (χ3n) is 5.96. The van der Waals surface area contributed by atoms with Gasteiger partial charge in [-0.05, 0) is 50.9 Å². The summed E-state index contributed by atoms with van der Waals surface area (Å²) in [6.07, 6.45) is 7.13. The molecule has 5 atom stereocenters. The highest BCUT2D eigenvalue weighted by molar-refractivity contribution is 5.21. The van der Waals surface area contributed by atoms with Gasteiger partial charge in [0, 0.05) is 5.41 Å². The number of ether oxygens (including phenoxy) is 1. The van der Waals surface area contributed by atoms with Crippen LogP contribution in [0.2, 0.25) is 0 Å². The van der Waals surface area contributed by atoms with Crippen molar-refractivity contribution >= 4 is 0 Å². The highest BCUT2D eigenvalue weighted by atomic mass is 16.6. The molecule has 3 fully saturated rings. The molecule has 16 heavy (non-hydrogen) atoms. The quantitative estimate of drug-likeness (QED) is 0.482. The van der Waals surface area contributed by atoms with E-state index >= 15 is 0 Å². The Morgan fingerprint density at radius 1 is 1.31 bits per heavy atom. The van der Waals surface area contributed by atoms with Crippen LogP contribution in [0.1, 0.15) is 52.9 Å². The second-order valence-electron chi connectivity index (χ2n) is 6.68. The summed E-state index contributed by atoms with van der Waals surface area (Å²) in [7, 11) is 0. The number of epoxide rings is 1. The highest BCUT2D eigenvalue weighted by Crippen LogP contribution is 2.67. The minimum Gasteiger partial charge on any atom is -0.365 e. The summed E-state index contributed by atoms with van der Waals surface area (Å²) in [4.78, 5) is 0. The lowest BCUT2D eigenvalue weighted by Crippen LogP contribution is -2.50. The third-order valence-corrected chi connectivity index (χ3v) is 5.96. The summed E-state index contributed by atoms with van der Waals surface area (Å²) in [5, 5.41) is 0. The molecule has 0 bridgehead atoms. The zero-order valence-corrected chi connectivity index (χ0v) is 10.9. The Labute approximate surface area is 99.3 Å². The Kier molecular flexibility index (Phi) is 2.12. The Morgan fingerprint density at radius 3 is 2.75 bits per heavy atom. The maximum atomic E-state index is 6.14. The van der Waals surface area contributed by atoms with Crippen molar-refractivity contribution in [1.82, 2.24) is 0 Å². The Balaban J connectivity index is 1.90. The summed E-state index contributed by atoms with van der Waals surface area (Å²) < 4.78 is 6.14. The van der Waals surface area contributed by atoms with Crippen LogP contribution >= 0.6 is 0 Å². The fraction of sp³-hybridized carbons (Fsp3) is 0.867. The van der Waals surface area contributed by atoms with E-state index in [9.17, 15) is 0 Å². The summed E-state index contributed by atoms with van der Waals surface area (Å²) >= 11 is 0. The molecule has 0 radical (unpaired) electrons. The lowest BCUT2D eigenvalue weighted by Gasteiger charge is -2.50. The Bertz CT molecular complexity index is 334. The molecule has 1 saturated heterocycles. The molecule has 2 unspecified atom stereocenters. The van der Waals surface area contributed by atoms with E-state index in [1.807, 2.05) is 0 Å². The first-order valence-electron chi connectivity index (χ1n) is 6.83. The van der Waals surface area contributed by atoms with Crippen molar-refractivity contribution in [2.24, 2.45) is 17.3 Å². The first kappa shape index (κ1) is 10.8. The van der Waals surface area contributed by atoms with Crippen LogP contribution in [0.4, 0.5) is 0 Å². The summed E-state index contributed by atoms with van der Waals surface area (Å²) in [5.74, 6) is 1.55. The molecule has 1 aliphatic heterocycles. The molecule has 0 aromatic heterocycles. The van der Waals surface area contributed by atoms with Gasteiger partial charge >= 0.3 is 0 Å². The van der Waals surface area contributed by atoms with Crippen LogP contribution in [0.5, 0.6) is 0 Å². The van der Waals surface area contributed by atoms with E-state index in [1.165, 1.54) is 37.7 Å². The van der Waals surface area contributed by atoms with Crippen LogP contribution in [0.3, 0.4) is 0 Å². The molecule has 3 aliphatic rings. The number of rotatable bonds is 1. The number of allylic oxidation sites excluding steroid dienone is 1. The van der Waals surface area contributed by atoms with Gasteiger partial charge in [-0.2, -0.15) is 0 Å². The van der Waals surface area contributed by atoms with Gasteiger partial charge in [0.25, 0.3) is 0 Å². The fourth-order valence-electron chi connectivity index (χ4n) is 4.45. The fourth-order valence-corrected chi connectivity index (χ4v) is 4.45. The van der Waals surface area contributed by atoms with Crippen molar-refractivity contribution in [3.63, 3.8) is 0 Å². The van der Waals surface area contributed by atoms with E-state index in [1.54, 1.807) is 0 Å². The molecule has 2 saturated carbocycles. The topological polar surface area (TPSA) is 12.5 Å². The van der Waals surface area contributed by atoms with E-state index < -0.39 is 0 Å². The zero-order valence-electron chi connectivity index (χ0n) is 10.9. The van der Waals surface area contributed by atoms with Crippen LogP contribution in [0.25, 0.3) is 0 Å². The number of hydrogen-bond donors (Lipinski definition) is 0. The highest BCUT2D eigenvalue weighted by Gasteiger charge is 2.71. The molecule has 2 aliphatic carbocycles. The molecule has 3 rings (SSSR count). The van der Waals surface area contributed by atoms with Gasteiger partial charge in [0.05, 0.1) is 6.10 Å². The van der Waals surface area contributed by atoms with Crippen LogP contribution < -0.4 is 0 Å². The summed E-state index contributed by atoms with van der Waals surface area (Å²) in [6.45, 7) is 11.3. The molecule has 1 heteroatoms. The van der Waals surface area contributed by atoms with Gasteiger partial charge in [-0.3, -0.25) is 0 Å². The van der Waals surface area contributed by atoms with E-state index in [2.05, 4.69) is 27.4 Å². The largest absolute Gasteiger partial charge is 0.365 e. The van der Waals surface area contributed by atoms with Gasteiger partial charge in [-0.25, -0.2) is 0 Å². The van der Waals surface area contributed by atoms with Crippen molar-refractivity contribution in [3.8, 4) is 0 Å². The molecule has 0 aromatic rings. The van der Waals surface area contributed by atoms with E-state index in [0.29, 0.717) is 11.5 Å². The predicted molar refractivity (Wildman–Crippen MR) is 66.3 cm³/mol. The lowest BCUT2D eigenvalue weighted by atomic mass is 9.53. The van der Waals surface area contributed by atoms with Gasteiger partial charge in [0.15, 0.2) is 0 Å². The second-order valence-corrected chi connectivity index (χ2v) is 6.68. The van der Waals surface area contributed by atoms with Crippen molar-refractivity contribution in [2.75, 3.05) is 0 Å². The average molecular weight is 220 g/mol. The average Bonchev–Trinajstić information content (AvgIpc) is 2.94. The van der Waals surface area contributed by atoms with Gasteiger partial charge < -0.3 is 4.74 Å². The van der Waals surface area contributed by atoms with E-state index in [-0.39, 0.29) is 5.60 Å². The van der Waals surface area contributed by atoms with Crippen LogP contribution in [0, 0.1) is 17.3 Å². The molecule has 0 amide bonds. The SMILES string of the molecule is C=C(C)[C@@H]1CCC23OC2CC[C@@H](C)[C@]3(C)C1. The smallest absolute Gasteiger partial charge is 0.100 e. The van der Waals surface area contributed by atoms with E-state index in [4.69, 9.17) is 4.74 Å². The zero-order chi connectivity index (χ0) is 11.6. The molecule has 0 N–H and O–H groups in total. The van der Waals surface area contributed by atoms with Gasteiger partial charge in [-0.15, -0.1) is 0 Å². The maximum absolute atomic E-state index is 6.14. The maximum Gasteiger partial charge on any atom is 0.100 e. The normalized spacial score (nSPS) is 55.1. The molecular weight excluding hydrogens is 196 g/mol. The minimum atomic E-state index is 0.274. The van der Waals surface area contributed by atoms with Crippen LogP contribution in [-0.4, -0.2) is 11.7 Å². The number of hydrogen-bond acceptors (Lipinski definition) is 1. The first-order valence-corrected chi connectivity index (χ1v) is 6.83. The molecular formula is C15H24O. The standard InChI is InChI=1S/C15H24O/c1-10(2)12-7-8-15-13(16-15)6-5-11(3)14(15,4)9-12/h11-13H,1,5-9H2,2-4H3/t11-,12-,13?,14+,15?/m1/s1. The molecule has 0 aromatic carbocycles. The second kappa shape index (κ2) is 3.13. The summed E-state index contributed by atoms with van der Waals surface area (Å²) in [6, 6.07) is 0. The summed E-state index contributed by atoms with van der Waals surface area (Å²) in [5.41, 5.74) is 2.07.